The quantitative estimate of drug-likeness (QED) is 0.365. The molecule has 3 aromatic rings. The number of aromatic hydroxyl groups is 2. The Morgan fingerprint density at radius 2 is 1.73 bits per heavy atom. The standard InChI is InChI=1S/C31H37FN2O3/c1-2-34(25-9-13-31(29(32)20-25)37-17-16-33-14-4-3-5-15-33)30-21-27(36)11-12-28(30)24-7-6-23-19-26(35)10-8-22(23)18-24/h8-13,19-21,24,35-36H,2-7,14-18H2,1H3. The van der Waals surface area contributed by atoms with Crippen molar-refractivity contribution in [3.05, 3.63) is 77.1 Å². The number of anilines is 2. The zero-order valence-corrected chi connectivity index (χ0v) is 21.6. The summed E-state index contributed by atoms with van der Waals surface area (Å²) >= 11 is 0. The zero-order valence-electron chi connectivity index (χ0n) is 21.6. The van der Waals surface area contributed by atoms with Gasteiger partial charge in [-0.25, -0.2) is 4.39 Å². The Bertz CT molecular complexity index is 1230. The molecule has 0 amide bonds. The largest absolute Gasteiger partial charge is 0.508 e. The van der Waals surface area contributed by atoms with Crippen molar-refractivity contribution in [2.75, 3.05) is 37.7 Å². The van der Waals surface area contributed by atoms with Crippen LogP contribution in [0, 0.1) is 5.82 Å². The van der Waals surface area contributed by atoms with Crippen molar-refractivity contribution in [2.45, 2.75) is 51.4 Å². The first-order valence-corrected chi connectivity index (χ1v) is 13.6. The summed E-state index contributed by atoms with van der Waals surface area (Å²) in [5.74, 6) is 0.670. The number of benzene rings is 3. The Kier molecular flexibility index (Phi) is 7.85. The van der Waals surface area contributed by atoms with Gasteiger partial charge in [0.2, 0.25) is 0 Å². The van der Waals surface area contributed by atoms with Crippen LogP contribution in [0.15, 0.2) is 54.6 Å². The molecule has 1 saturated heterocycles. The van der Waals surface area contributed by atoms with Crippen molar-refractivity contribution in [3.8, 4) is 17.2 Å². The van der Waals surface area contributed by atoms with E-state index >= 15 is 4.39 Å². The molecule has 1 fully saturated rings. The highest BCUT2D eigenvalue weighted by Gasteiger charge is 2.25. The third kappa shape index (κ3) is 5.85. The van der Waals surface area contributed by atoms with Crippen LogP contribution >= 0.6 is 0 Å². The van der Waals surface area contributed by atoms with Gasteiger partial charge in [0.15, 0.2) is 11.6 Å². The summed E-state index contributed by atoms with van der Waals surface area (Å²) in [6, 6.07) is 16.3. The Hall–Kier alpha value is -3.25. The number of halogens is 1. The molecular formula is C31H37FN2O3. The molecule has 6 heteroatoms. The van der Waals surface area contributed by atoms with Gasteiger partial charge in [0.25, 0.3) is 0 Å². The maximum atomic E-state index is 15.1. The molecule has 5 nitrogen and oxygen atoms in total. The summed E-state index contributed by atoms with van der Waals surface area (Å²) in [5, 5.41) is 20.2. The summed E-state index contributed by atoms with van der Waals surface area (Å²) in [6.45, 7) is 6.15. The lowest BCUT2D eigenvalue weighted by Crippen LogP contribution is -2.33. The molecule has 2 N–H and O–H groups in total. The Labute approximate surface area is 219 Å². The summed E-state index contributed by atoms with van der Waals surface area (Å²) in [7, 11) is 0. The number of nitrogens with zero attached hydrogens (tertiary/aromatic N) is 2. The van der Waals surface area contributed by atoms with Crippen LogP contribution in [0.2, 0.25) is 0 Å². The number of phenols is 2. The lowest BCUT2D eigenvalue weighted by Gasteiger charge is -2.32. The van der Waals surface area contributed by atoms with E-state index in [1.165, 1.54) is 36.5 Å². The number of piperidine rings is 1. The fourth-order valence-electron chi connectivity index (χ4n) is 5.85. The molecule has 0 bridgehead atoms. The molecule has 0 saturated carbocycles. The number of fused-ring (bicyclic) bond motifs is 1. The smallest absolute Gasteiger partial charge is 0.167 e. The van der Waals surface area contributed by atoms with Gasteiger partial charge in [-0.2, -0.15) is 0 Å². The fraction of sp³-hybridized carbons (Fsp3) is 0.419. The van der Waals surface area contributed by atoms with Crippen molar-refractivity contribution in [1.82, 2.24) is 4.90 Å². The van der Waals surface area contributed by atoms with Crippen LogP contribution in [-0.2, 0) is 12.8 Å². The minimum absolute atomic E-state index is 0.191. The molecule has 196 valence electrons. The Morgan fingerprint density at radius 3 is 2.51 bits per heavy atom. The van der Waals surface area contributed by atoms with Gasteiger partial charge < -0.3 is 19.8 Å². The maximum Gasteiger partial charge on any atom is 0.167 e. The second kappa shape index (κ2) is 11.4. The van der Waals surface area contributed by atoms with Crippen molar-refractivity contribution < 1.29 is 19.3 Å². The van der Waals surface area contributed by atoms with E-state index in [0.717, 1.165) is 55.8 Å². The van der Waals surface area contributed by atoms with Crippen LogP contribution in [0.1, 0.15) is 55.2 Å². The number of hydrogen-bond acceptors (Lipinski definition) is 5. The summed E-state index contributed by atoms with van der Waals surface area (Å²) in [5.41, 5.74) is 5.21. The van der Waals surface area contributed by atoms with Gasteiger partial charge in [0.05, 0.1) is 0 Å². The van der Waals surface area contributed by atoms with Crippen molar-refractivity contribution in [3.63, 3.8) is 0 Å². The van der Waals surface area contributed by atoms with Crippen molar-refractivity contribution in [1.29, 1.82) is 0 Å². The highest BCUT2D eigenvalue weighted by molar-refractivity contribution is 5.69. The third-order valence-electron chi connectivity index (χ3n) is 7.82. The maximum absolute atomic E-state index is 15.1. The van der Waals surface area contributed by atoms with Crippen molar-refractivity contribution >= 4 is 11.4 Å². The normalized spacial score (nSPS) is 17.8. The molecule has 37 heavy (non-hydrogen) atoms. The summed E-state index contributed by atoms with van der Waals surface area (Å²) in [4.78, 5) is 4.44. The molecule has 1 unspecified atom stereocenters. The fourth-order valence-corrected chi connectivity index (χ4v) is 5.85. The van der Waals surface area contributed by atoms with E-state index in [1.54, 1.807) is 24.3 Å². The highest BCUT2D eigenvalue weighted by atomic mass is 19.1. The lowest BCUT2D eigenvalue weighted by atomic mass is 9.79. The predicted molar refractivity (Wildman–Crippen MR) is 146 cm³/mol. The zero-order chi connectivity index (χ0) is 25.8. The molecular weight excluding hydrogens is 467 g/mol. The van der Waals surface area contributed by atoms with Crippen LogP contribution in [0.25, 0.3) is 0 Å². The molecule has 3 aromatic carbocycles. The van der Waals surface area contributed by atoms with E-state index in [1.807, 2.05) is 31.2 Å². The van der Waals surface area contributed by atoms with E-state index in [9.17, 15) is 10.2 Å². The minimum atomic E-state index is -0.373. The number of hydrogen-bond donors (Lipinski definition) is 2. The first-order valence-electron chi connectivity index (χ1n) is 13.6. The second-order valence-electron chi connectivity index (χ2n) is 10.2. The number of rotatable bonds is 8. The Balaban J connectivity index is 1.34. The first kappa shape index (κ1) is 25.4. The topological polar surface area (TPSA) is 56.2 Å². The minimum Gasteiger partial charge on any atom is -0.508 e. The van der Waals surface area contributed by atoms with Crippen molar-refractivity contribution in [2.24, 2.45) is 0 Å². The van der Waals surface area contributed by atoms with Gasteiger partial charge >= 0.3 is 0 Å². The van der Waals surface area contributed by atoms with Gasteiger partial charge in [0, 0.05) is 36.6 Å². The third-order valence-corrected chi connectivity index (χ3v) is 7.82. The second-order valence-corrected chi connectivity index (χ2v) is 10.2. The monoisotopic (exact) mass is 504 g/mol. The van der Waals surface area contributed by atoms with Crippen LogP contribution in [0.4, 0.5) is 15.8 Å². The van der Waals surface area contributed by atoms with E-state index in [2.05, 4.69) is 9.80 Å². The van der Waals surface area contributed by atoms with Crippen LogP contribution < -0.4 is 9.64 Å². The van der Waals surface area contributed by atoms with Gasteiger partial charge in [0.1, 0.15) is 18.1 Å². The van der Waals surface area contributed by atoms with E-state index < -0.39 is 0 Å². The van der Waals surface area contributed by atoms with Gasteiger partial charge in [-0.3, -0.25) is 4.90 Å². The first-order chi connectivity index (χ1) is 18.0. The van der Waals surface area contributed by atoms with Crippen LogP contribution in [0.5, 0.6) is 17.2 Å². The van der Waals surface area contributed by atoms with Gasteiger partial charge in [-0.05, 0) is 105 Å². The molecule has 0 radical (unpaired) electrons. The van der Waals surface area contributed by atoms with Crippen LogP contribution in [0.3, 0.4) is 0 Å². The molecule has 1 heterocycles. The molecule has 2 aliphatic rings. The molecule has 0 aromatic heterocycles. The molecule has 1 aliphatic carbocycles. The number of phenolic OH excluding ortho intramolecular Hbond substituents is 2. The van der Waals surface area contributed by atoms with Gasteiger partial charge in [-0.1, -0.05) is 18.6 Å². The van der Waals surface area contributed by atoms with E-state index in [-0.39, 0.29) is 23.2 Å². The average Bonchev–Trinajstić information content (AvgIpc) is 2.91. The summed E-state index contributed by atoms with van der Waals surface area (Å²) in [6.07, 6.45) is 6.45. The molecule has 1 aliphatic heterocycles. The SMILES string of the molecule is CCN(c1ccc(OCCN2CCCCC2)c(F)c1)c1cc(O)ccc1C1CCc2cc(O)ccc2C1. The van der Waals surface area contributed by atoms with Crippen LogP contribution in [-0.4, -0.2) is 47.9 Å². The lowest BCUT2D eigenvalue weighted by molar-refractivity contribution is 0.180. The highest BCUT2D eigenvalue weighted by Crippen LogP contribution is 2.41. The van der Waals surface area contributed by atoms with E-state index in [4.69, 9.17) is 4.74 Å². The van der Waals surface area contributed by atoms with E-state index in [0.29, 0.717) is 18.9 Å². The molecule has 5 rings (SSSR count). The predicted octanol–water partition coefficient (Wildman–Crippen LogP) is 6.53. The Morgan fingerprint density at radius 1 is 0.946 bits per heavy atom. The number of aryl methyl sites for hydroxylation is 1. The van der Waals surface area contributed by atoms with Gasteiger partial charge in [-0.15, -0.1) is 0 Å². The molecule has 0 spiro atoms. The summed E-state index contributed by atoms with van der Waals surface area (Å²) < 4.78 is 20.9. The molecule has 1 atom stereocenters. The average molecular weight is 505 g/mol. The number of likely N-dealkylation sites (tertiary alicyclic amines) is 1. The number of ether oxygens (including phenoxy) is 1.